The largest absolute Gasteiger partial charge is 0.378 e. The van der Waals surface area contributed by atoms with Gasteiger partial charge in [-0.2, -0.15) is 0 Å². The zero-order valence-electron chi connectivity index (χ0n) is 15.8. The molecule has 8 heteroatoms. The van der Waals surface area contributed by atoms with Gasteiger partial charge in [-0.25, -0.2) is 0 Å². The number of benzene rings is 2. The van der Waals surface area contributed by atoms with Gasteiger partial charge >= 0.3 is 0 Å². The third-order valence-corrected chi connectivity index (χ3v) is 5.55. The molecule has 3 rings (SSSR count). The summed E-state index contributed by atoms with van der Waals surface area (Å²) in [6.07, 6.45) is -0.130. The van der Waals surface area contributed by atoms with Crippen molar-refractivity contribution in [3.63, 3.8) is 0 Å². The number of amides is 2. The number of aliphatic hydroxyl groups excluding tert-OH is 1. The van der Waals surface area contributed by atoms with Crippen molar-refractivity contribution in [1.29, 1.82) is 0 Å². The summed E-state index contributed by atoms with van der Waals surface area (Å²) in [5.41, 5.74) is 7.88. The highest BCUT2D eigenvalue weighted by Gasteiger charge is 2.37. The first-order chi connectivity index (χ1) is 13.9. The molecule has 2 atom stereocenters. The first-order valence-electron chi connectivity index (χ1n) is 9.40. The van der Waals surface area contributed by atoms with Crippen molar-refractivity contribution >= 4 is 35.0 Å². The van der Waals surface area contributed by atoms with Gasteiger partial charge in [0, 0.05) is 29.7 Å². The number of carbonyl (C=O) groups excluding carboxylic acids is 2. The van der Waals surface area contributed by atoms with Crippen LogP contribution in [0.2, 0.25) is 10.0 Å². The number of hydrogen-bond donors (Lipinski definition) is 3. The molecule has 1 fully saturated rings. The molecule has 1 heterocycles. The highest BCUT2D eigenvalue weighted by Crippen LogP contribution is 2.25. The fourth-order valence-electron chi connectivity index (χ4n) is 3.54. The molecule has 2 aromatic carbocycles. The van der Waals surface area contributed by atoms with Crippen molar-refractivity contribution in [2.75, 3.05) is 6.54 Å². The zero-order valence-corrected chi connectivity index (χ0v) is 17.3. The Morgan fingerprint density at radius 1 is 1.17 bits per heavy atom. The van der Waals surface area contributed by atoms with Gasteiger partial charge in [0.15, 0.2) is 6.10 Å². The molecule has 1 aliphatic rings. The quantitative estimate of drug-likeness (QED) is 0.649. The van der Waals surface area contributed by atoms with E-state index >= 15 is 0 Å². The molecule has 0 aromatic heterocycles. The molecule has 1 aliphatic heterocycles. The van der Waals surface area contributed by atoms with Crippen molar-refractivity contribution in [2.45, 2.75) is 38.1 Å². The van der Waals surface area contributed by atoms with Gasteiger partial charge in [-0.1, -0.05) is 41.4 Å². The van der Waals surface area contributed by atoms with Gasteiger partial charge in [0.1, 0.15) is 6.04 Å². The minimum Gasteiger partial charge on any atom is -0.378 e. The van der Waals surface area contributed by atoms with E-state index in [0.717, 1.165) is 11.1 Å². The van der Waals surface area contributed by atoms with E-state index in [0.29, 0.717) is 41.5 Å². The number of nitrogens with zero attached hydrogens (tertiary/aromatic N) is 1. The van der Waals surface area contributed by atoms with Crippen LogP contribution in [0.15, 0.2) is 42.5 Å². The molecule has 4 N–H and O–H groups in total. The van der Waals surface area contributed by atoms with E-state index in [2.05, 4.69) is 5.32 Å². The molecule has 29 heavy (non-hydrogen) atoms. The topological polar surface area (TPSA) is 95.7 Å². The summed E-state index contributed by atoms with van der Waals surface area (Å²) in [5, 5.41) is 14.3. The molecule has 0 spiro atoms. The lowest BCUT2D eigenvalue weighted by atomic mass is 10.1. The molecular formula is C21H23Cl2N3O3. The minimum atomic E-state index is -1.36. The Labute approximate surface area is 179 Å². The van der Waals surface area contributed by atoms with Crippen LogP contribution in [0.4, 0.5) is 0 Å². The summed E-state index contributed by atoms with van der Waals surface area (Å²) in [7, 11) is 0. The van der Waals surface area contributed by atoms with Crippen LogP contribution in [0, 0.1) is 0 Å². The first-order valence-corrected chi connectivity index (χ1v) is 10.2. The third kappa shape index (κ3) is 5.08. The fourth-order valence-corrected chi connectivity index (χ4v) is 3.93. The number of nitrogens with one attached hydrogen (secondary N) is 1. The predicted octanol–water partition coefficient (Wildman–Crippen LogP) is 2.79. The molecule has 2 amide bonds. The van der Waals surface area contributed by atoms with E-state index in [-0.39, 0.29) is 12.5 Å². The summed E-state index contributed by atoms with van der Waals surface area (Å²) in [4.78, 5) is 27.0. The van der Waals surface area contributed by atoms with Gasteiger partial charge in [0.05, 0.1) is 0 Å². The monoisotopic (exact) mass is 435 g/mol. The van der Waals surface area contributed by atoms with Crippen molar-refractivity contribution in [1.82, 2.24) is 10.2 Å². The van der Waals surface area contributed by atoms with E-state index in [1.54, 1.807) is 36.4 Å². The number of carbonyl (C=O) groups is 2. The van der Waals surface area contributed by atoms with Crippen LogP contribution >= 0.6 is 23.2 Å². The van der Waals surface area contributed by atoms with Crippen molar-refractivity contribution < 1.29 is 14.7 Å². The normalized spacial score (nSPS) is 17.2. The SMILES string of the molecule is NCc1ccc(Cl)cc1CNC(=O)[C@@H]1CCCN1C(=O)[C@H](O)c1cccc(Cl)c1. The molecular weight excluding hydrogens is 413 g/mol. The number of rotatable bonds is 6. The number of aliphatic hydroxyl groups is 1. The Bertz CT molecular complexity index is 906. The lowest BCUT2D eigenvalue weighted by molar-refractivity contribution is -0.145. The van der Waals surface area contributed by atoms with E-state index < -0.39 is 18.1 Å². The van der Waals surface area contributed by atoms with E-state index in [1.807, 2.05) is 6.07 Å². The summed E-state index contributed by atoms with van der Waals surface area (Å²) < 4.78 is 0. The fraction of sp³-hybridized carbons (Fsp3) is 0.333. The molecule has 0 aliphatic carbocycles. The maximum absolute atomic E-state index is 12.8. The second-order valence-corrected chi connectivity index (χ2v) is 7.86. The second kappa shape index (κ2) is 9.59. The zero-order chi connectivity index (χ0) is 21.0. The van der Waals surface area contributed by atoms with Crippen molar-refractivity contribution in [3.05, 3.63) is 69.2 Å². The van der Waals surface area contributed by atoms with Crippen LogP contribution in [0.3, 0.4) is 0 Å². The van der Waals surface area contributed by atoms with Crippen LogP contribution in [0.5, 0.6) is 0 Å². The van der Waals surface area contributed by atoms with Crippen molar-refractivity contribution in [2.24, 2.45) is 5.73 Å². The smallest absolute Gasteiger partial charge is 0.256 e. The van der Waals surface area contributed by atoms with Crippen LogP contribution in [0.1, 0.15) is 35.6 Å². The average Bonchev–Trinajstić information content (AvgIpc) is 3.21. The number of likely N-dealkylation sites (tertiary alicyclic amines) is 1. The molecule has 154 valence electrons. The van der Waals surface area contributed by atoms with Crippen LogP contribution in [-0.2, 0) is 22.7 Å². The number of nitrogens with two attached hydrogens (primary N) is 1. The predicted molar refractivity (Wildman–Crippen MR) is 112 cm³/mol. The molecule has 6 nitrogen and oxygen atoms in total. The summed E-state index contributed by atoms with van der Waals surface area (Å²) >= 11 is 12.0. The molecule has 0 radical (unpaired) electrons. The molecule has 0 unspecified atom stereocenters. The summed E-state index contributed by atoms with van der Waals surface area (Å²) in [6, 6.07) is 11.2. The van der Waals surface area contributed by atoms with Crippen LogP contribution in [0.25, 0.3) is 0 Å². The van der Waals surface area contributed by atoms with Gasteiger partial charge in [-0.05, 0) is 53.8 Å². The standard InChI is InChI=1S/C21H23Cl2N3O3/c22-16-4-1-3-13(9-16)19(27)21(29)26-8-2-5-18(26)20(28)25-12-15-10-17(23)7-6-14(15)11-24/h1,3-4,6-7,9-10,18-19,27H,2,5,8,11-12,24H2,(H,25,28)/t18-,19+/m0/s1. The first kappa shape index (κ1) is 21.6. The Balaban J connectivity index is 1.67. The Hall–Kier alpha value is -2.12. The minimum absolute atomic E-state index is 0.265. The highest BCUT2D eigenvalue weighted by molar-refractivity contribution is 6.31. The van der Waals surface area contributed by atoms with E-state index in [9.17, 15) is 14.7 Å². The molecule has 0 saturated carbocycles. The highest BCUT2D eigenvalue weighted by atomic mass is 35.5. The molecule has 2 aromatic rings. The van der Waals surface area contributed by atoms with Crippen molar-refractivity contribution in [3.8, 4) is 0 Å². The van der Waals surface area contributed by atoms with Gasteiger partial charge in [0.25, 0.3) is 5.91 Å². The Morgan fingerprint density at radius 3 is 2.66 bits per heavy atom. The van der Waals surface area contributed by atoms with Gasteiger partial charge in [-0.3, -0.25) is 9.59 Å². The van der Waals surface area contributed by atoms with Crippen LogP contribution < -0.4 is 11.1 Å². The Kier molecular flexibility index (Phi) is 7.14. The third-order valence-electron chi connectivity index (χ3n) is 5.08. The average molecular weight is 436 g/mol. The Morgan fingerprint density at radius 2 is 1.93 bits per heavy atom. The summed E-state index contributed by atoms with van der Waals surface area (Å²) in [6.45, 7) is 1.02. The van der Waals surface area contributed by atoms with Gasteiger partial charge < -0.3 is 21.1 Å². The molecule has 0 bridgehead atoms. The maximum Gasteiger partial charge on any atom is 0.256 e. The maximum atomic E-state index is 12.8. The molecule has 1 saturated heterocycles. The van der Waals surface area contributed by atoms with Gasteiger partial charge in [0.2, 0.25) is 5.91 Å². The lowest BCUT2D eigenvalue weighted by Gasteiger charge is -2.26. The number of halogens is 2. The van der Waals surface area contributed by atoms with E-state index in [4.69, 9.17) is 28.9 Å². The number of hydrogen-bond acceptors (Lipinski definition) is 4. The van der Waals surface area contributed by atoms with Gasteiger partial charge in [-0.15, -0.1) is 0 Å². The summed E-state index contributed by atoms with van der Waals surface area (Å²) in [5.74, 6) is -0.771. The second-order valence-electron chi connectivity index (χ2n) is 6.98. The van der Waals surface area contributed by atoms with Crippen LogP contribution in [-0.4, -0.2) is 34.4 Å². The lowest BCUT2D eigenvalue weighted by Crippen LogP contribution is -2.47. The van der Waals surface area contributed by atoms with E-state index in [1.165, 1.54) is 4.90 Å².